The van der Waals surface area contributed by atoms with Gasteiger partial charge < -0.3 is 9.26 Å². The van der Waals surface area contributed by atoms with E-state index in [0.29, 0.717) is 25.3 Å². The molecule has 0 aliphatic heterocycles. The molecule has 0 saturated heterocycles. The van der Waals surface area contributed by atoms with E-state index in [4.69, 9.17) is 9.26 Å². The fourth-order valence-electron chi connectivity index (χ4n) is 1.94. The van der Waals surface area contributed by atoms with Crippen LogP contribution in [0.25, 0.3) is 0 Å². The van der Waals surface area contributed by atoms with Gasteiger partial charge in [-0.2, -0.15) is 0 Å². The lowest BCUT2D eigenvalue weighted by Crippen LogP contribution is -2.11. The number of aromatic nitrogens is 4. The Bertz CT molecular complexity index is 588. The van der Waals surface area contributed by atoms with Crippen LogP contribution in [0.2, 0.25) is 0 Å². The largest absolute Gasteiger partial charge is 0.461 e. The SMILES string of the molecule is CCCc1c(C(=O)OCC)nnn1Cc1cc(C)no1. The summed E-state index contributed by atoms with van der Waals surface area (Å²) in [5, 5.41) is 11.8. The van der Waals surface area contributed by atoms with Crippen LogP contribution in [0.1, 0.15) is 47.9 Å². The highest BCUT2D eigenvalue weighted by atomic mass is 16.5. The number of hydrogen-bond donors (Lipinski definition) is 0. The Kier molecular flexibility index (Phi) is 4.49. The van der Waals surface area contributed by atoms with E-state index in [9.17, 15) is 4.79 Å². The van der Waals surface area contributed by atoms with Gasteiger partial charge in [-0.3, -0.25) is 0 Å². The van der Waals surface area contributed by atoms with Crippen LogP contribution in [0.15, 0.2) is 10.6 Å². The van der Waals surface area contributed by atoms with Crippen LogP contribution in [-0.4, -0.2) is 32.7 Å². The average Bonchev–Trinajstić information content (AvgIpc) is 2.99. The Hall–Kier alpha value is -2.18. The summed E-state index contributed by atoms with van der Waals surface area (Å²) in [6, 6.07) is 1.83. The van der Waals surface area contributed by atoms with E-state index < -0.39 is 5.97 Å². The van der Waals surface area contributed by atoms with Crippen LogP contribution < -0.4 is 0 Å². The van der Waals surface area contributed by atoms with Crippen molar-refractivity contribution in [3.05, 3.63) is 28.9 Å². The third kappa shape index (κ3) is 3.04. The lowest BCUT2D eigenvalue weighted by atomic mass is 10.2. The van der Waals surface area contributed by atoms with Gasteiger partial charge in [0.05, 0.1) is 18.0 Å². The molecule has 2 aromatic heterocycles. The van der Waals surface area contributed by atoms with Crippen molar-refractivity contribution in [1.82, 2.24) is 20.2 Å². The van der Waals surface area contributed by atoms with Crippen LogP contribution in [0.4, 0.5) is 0 Å². The predicted molar refractivity (Wildman–Crippen MR) is 70.3 cm³/mol. The van der Waals surface area contributed by atoms with Crippen molar-refractivity contribution in [3.63, 3.8) is 0 Å². The van der Waals surface area contributed by atoms with Crippen molar-refractivity contribution < 1.29 is 14.1 Å². The first-order valence-corrected chi connectivity index (χ1v) is 6.67. The molecule has 20 heavy (non-hydrogen) atoms. The van der Waals surface area contributed by atoms with Crippen LogP contribution in [0, 0.1) is 6.92 Å². The second kappa shape index (κ2) is 6.31. The summed E-state index contributed by atoms with van der Waals surface area (Å²) in [7, 11) is 0. The van der Waals surface area contributed by atoms with Crippen molar-refractivity contribution >= 4 is 5.97 Å². The third-order valence-corrected chi connectivity index (χ3v) is 2.78. The van der Waals surface area contributed by atoms with E-state index in [1.807, 2.05) is 19.9 Å². The quantitative estimate of drug-likeness (QED) is 0.749. The van der Waals surface area contributed by atoms with Gasteiger partial charge in [-0.25, -0.2) is 9.48 Å². The number of carbonyl (C=O) groups excluding carboxylic acids is 1. The third-order valence-electron chi connectivity index (χ3n) is 2.78. The fourth-order valence-corrected chi connectivity index (χ4v) is 1.94. The minimum Gasteiger partial charge on any atom is -0.461 e. The van der Waals surface area contributed by atoms with Crippen molar-refractivity contribution in [2.24, 2.45) is 0 Å². The van der Waals surface area contributed by atoms with Gasteiger partial charge in [-0.1, -0.05) is 23.7 Å². The maximum absolute atomic E-state index is 11.8. The molecule has 0 unspecified atom stereocenters. The molecular weight excluding hydrogens is 260 g/mol. The lowest BCUT2D eigenvalue weighted by Gasteiger charge is -2.05. The molecule has 7 heteroatoms. The van der Waals surface area contributed by atoms with E-state index >= 15 is 0 Å². The Morgan fingerprint density at radius 1 is 1.45 bits per heavy atom. The molecule has 0 atom stereocenters. The molecule has 2 heterocycles. The van der Waals surface area contributed by atoms with Crippen molar-refractivity contribution in [1.29, 1.82) is 0 Å². The molecule has 0 aliphatic rings. The Balaban J connectivity index is 2.26. The van der Waals surface area contributed by atoms with Gasteiger partial charge in [0.2, 0.25) is 0 Å². The zero-order chi connectivity index (χ0) is 14.5. The predicted octanol–water partition coefficient (Wildman–Crippen LogP) is 1.75. The summed E-state index contributed by atoms with van der Waals surface area (Å²) >= 11 is 0. The normalized spacial score (nSPS) is 10.8. The molecule has 0 saturated carbocycles. The molecule has 2 rings (SSSR count). The van der Waals surface area contributed by atoms with Gasteiger partial charge in [0.25, 0.3) is 0 Å². The van der Waals surface area contributed by atoms with Gasteiger partial charge in [-0.15, -0.1) is 5.10 Å². The summed E-state index contributed by atoms with van der Waals surface area (Å²) < 4.78 is 11.8. The number of carbonyl (C=O) groups is 1. The minimum absolute atomic E-state index is 0.282. The molecule has 0 spiro atoms. The Labute approximate surface area is 116 Å². The van der Waals surface area contributed by atoms with Gasteiger partial charge in [0, 0.05) is 6.07 Å². The molecule has 0 radical (unpaired) electrons. The van der Waals surface area contributed by atoms with E-state index in [1.165, 1.54) is 0 Å². The maximum atomic E-state index is 11.8. The van der Waals surface area contributed by atoms with Crippen LogP contribution in [0.5, 0.6) is 0 Å². The number of rotatable bonds is 6. The second-order valence-electron chi connectivity index (χ2n) is 4.45. The molecule has 7 nitrogen and oxygen atoms in total. The molecule has 2 aromatic rings. The number of ether oxygens (including phenoxy) is 1. The molecule has 0 amide bonds. The van der Waals surface area contributed by atoms with Crippen molar-refractivity contribution in [2.75, 3.05) is 6.61 Å². The molecule has 0 aromatic carbocycles. The number of aryl methyl sites for hydroxylation is 1. The van der Waals surface area contributed by atoms with Crippen LogP contribution in [-0.2, 0) is 17.7 Å². The highest BCUT2D eigenvalue weighted by Gasteiger charge is 2.20. The first kappa shape index (κ1) is 14.2. The summed E-state index contributed by atoms with van der Waals surface area (Å²) in [5.41, 5.74) is 1.85. The number of hydrogen-bond acceptors (Lipinski definition) is 6. The summed E-state index contributed by atoms with van der Waals surface area (Å²) in [5.74, 6) is 0.246. The van der Waals surface area contributed by atoms with E-state index in [0.717, 1.165) is 17.8 Å². The molecular formula is C13H18N4O3. The summed E-state index contributed by atoms with van der Waals surface area (Å²) in [4.78, 5) is 11.8. The van der Waals surface area contributed by atoms with Gasteiger partial charge in [-0.05, 0) is 20.3 Å². The number of esters is 1. The smallest absolute Gasteiger partial charge is 0.360 e. The van der Waals surface area contributed by atoms with Gasteiger partial charge in [0.1, 0.15) is 6.54 Å². The van der Waals surface area contributed by atoms with E-state index in [-0.39, 0.29) is 5.69 Å². The highest BCUT2D eigenvalue weighted by molar-refractivity contribution is 5.88. The maximum Gasteiger partial charge on any atom is 0.360 e. The molecule has 0 aliphatic carbocycles. The minimum atomic E-state index is -0.434. The Morgan fingerprint density at radius 3 is 2.85 bits per heavy atom. The van der Waals surface area contributed by atoms with Crippen molar-refractivity contribution in [2.45, 2.75) is 40.2 Å². The molecule has 0 fully saturated rings. The standard InChI is InChI=1S/C13H18N4O3/c1-4-6-11-12(13(18)19-5-2)14-16-17(11)8-10-7-9(3)15-20-10/h7H,4-6,8H2,1-3H3. The fraction of sp³-hybridized carbons (Fsp3) is 0.538. The zero-order valence-electron chi connectivity index (χ0n) is 11.9. The first-order chi connectivity index (χ1) is 9.65. The lowest BCUT2D eigenvalue weighted by molar-refractivity contribution is 0.0518. The van der Waals surface area contributed by atoms with Gasteiger partial charge >= 0.3 is 5.97 Å². The van der Waals surface area contributed by atoms with Gasteiger partial charge in [0.15, 0.2) is 11.5 Å². The van der Waals surface area contributed by atoms with Crippen LogP contribution >= 0.6 is 0 Å². The van der Waals surface area contributed by atoms with Crippen LogP contribution in [0.3, 0.4) is 0 Å². The van der Waals surface area contributed by atoms with E-state index in [2.05, 4.69) is 15.5 Å². The second-order valence-corrected chi connectivity index (χ2v) is 4.45. The van der Waals surface area contributed by atoms with E-state index in [1.54, 1.807) is 11.6 Å². The van der Waals surface area contributed by atoms with Crippen molar-refractivity contribution in [3.8, 4) is 0 Å². The summed E-state index contributed by atoms with van der Waals surface area (Å²) in [6.07, 6.45) is 1.59. The highest BCUT2D eigenvalue weighted by Crippen LogP contribution is 2.13. The molecule has 0 N–H and O–H groups in total. The average molecular weight is 278 g/mol. The number of nitrogens with zero attached hydrogens (tertiary/aromatic N) is 4. The zero-order valence-corrected chi connectivity index (χ0v) is 11.9. The Morgan fingerprint density at radius 2 is 2.25 bits per heavy atom. The summed E-state index contributed by atoms with van der Waals surface area (Å²) in [6.45, 7) is 6.37. The first-order valence-electron chi connectivity index (χ1n) is 6.67. The monoisotopic (exact) mass is 278 g/mol. The topological polar surface area (TPSA) is 83.0 Å². The molecule has 108 valence electrons. The molecule has 0 bridgehead atoms.